The van der Waals surface area contributed by atoms with Crippen molar-refractivity contribution in [3.8, 4) is 5.75 Å². The standard InChI is InChI=1S/C22H26N2O7S/c1-5-24(6-2)32(28,29)16-12-11-15(3)18(13-16)22(27)31-14-20(25)23-21(26)17-9-7-8-10-19(17)30-4/h7-13H,5-6,14H2,1-4H3,(H,23,25,26). The van der Waals surface area contributed by atoms with Gasteiger partial charge in [-0.2, -0.15) is 4.31 Å². The van der Waals surface area contributed by atoms with E-state index in [0.717, 1.165) is 0 Å². The van der Waals surface area contributed by atoms with Crippen LogP contribution in [0, 0.1) is 6.92 Å². The summed E-state index contributed by atoms with van der Waals surface area (Å²) in [6.45, 7) is 4.91. The van der Waals surface area contributed by atoms with E-state index in [1.807, 2.05) is 0 Å². The minimum Gasteiger partial charge on any atom is -0.496 e. The van der Waals surface area contributed by atoms with Crippen molar-refractivity contribution in [3.05, 3.63) is 59.2 Å². The number of amides is 2. The van der Waals surface area contributed by atoms with Gasteiger partial charge in [0.25, 0.3) is 11.8 Å². The summed E-state index contributed by atoms with van der Waals surface area (Å²) >= 11 is 0. The summed E-state index contributed by atoms with van der Waals surface area (Å²) in [6, 6.07) is 10.5. The molecule has 0 unspecified atom stereocenters. The fraction of sp³-hybridized carbons (Fsp3) is 0.318. The van der Waals surface area contributed by atoms with Gasteiger partial charge in [-0.15, -0.1) is 0 Å². The molecule has 0 heterocycles. The number of carbonyl (C=O) groups excluding carboxylic acids is 3. The largest absolute Gasteiger partial charge is 0.496 e. The minimum absolute atomic E-state index is 0.0158. The van der Waals surface area contributed by atoms with Crippen LogP contribution >= 0.6 is 0 Å². The number of nitrogens with one attached hydrogen (secondary N) is 1. The molecule has 1 N–H and O–H groups in total. The molecule has 0 atom stereocenters. The number of sulfonamides is 1. The molecular weight excluding hydrogens is 436 g/mol. The summed E-state index contributed by atoms with van der Waals surface area (Å²) in [5, 5.41) is 2.12. The van der Waals surface area contributed by atoms with Crippen LogP contribution < -0.4 is 10.1 Å². The smallest absolute Gasteiger partial charge is 0.338 e. The molecule has 0 spiro atoms. The number of imide groups is 1. The number of hydrogen-bond donors (Lipinski definition) is 1. The topological polar surface area (TPSA) is 119 Å². The maximum Gasteiger partial charge on any atom is 0.338 e. The molecule has 2 aromatic rings. The number of hydrogen-bond acceptors (Lipinski definition) is 7. The van der Waals surface area contributed by atoms with Crippen LogP contribution in [0.25, 0.3) is 0 Å². The number of esters is 1. The molecule has 0 radical (unpaired) electrons. The maximum absolute atomic E-state index is 12.7. The van der Waals surface area contributed by atoms with Crippen LogP contribution in [0.2, 0.25) is 0 Å². The van der Waals surface area contributed by atoms with Crippen LogP contribution in [0.3, 0.4) is 0 Å². The Labute approximate surface area is 187 Å². The Morgan fingerprint density at radius 2 is 1.66 bits per heavy atom. The monoisotopic (exact) mass is 462 g/mol. The van der Waals surface area contributed by atoms with E-state index in [1.54, 1.807) is 39.0 Å². The van der Waals surface area contributed by atoms with Gasteiger partial charge in [-0.05, 0) is 36.8 Å². The summed E-state index contributed by atoms with van der Waals surface area (Å²) in [6.07, 6.45) is 0. The van der Waals surface area contributed by atoms with Gasteiger partial charge in [0.1, 0.15) is 5.75 Å². The Bertz CT molecular complexity index is 1110. The van der Waals surface area contributed by atoms with E-state index in [1.165, 1.54) is 35.7 Å². The first-order valence-electron chi connectivity index (χ1n) is 9.90. The molecule has 0 aliphatic heterocycles. The Morgan fingerprint density at radius 3 is 2.28 bits per heavy atom. The van der Waals surface area contributed by atoms with Crippen LogP contribution in [0.15, 0.2) is 47.4 Å². The third kappa shape index (κ3) is 5.71. The number of carbonyl (C=O) groups is 3. The zero-order valence-corrected chi connectivity index (χ0v) is 19.2. The SMILES string of the molecule is CCN(CC)S(=O)(=O)c1ccc(C)c(C(=O)OCC(=O)NC(=O)c2ccccc2OC)c1. The highest BCUT2D eigenvalue weighted by Crippen LogP contribution is 2.20. The first kappa shape index (κ1) is 25.0. The maximum atomic E-state index is 12.7. The average molecular weight is 463 g/mol. The Morgan fingerprint density at radius 1 is 1.00 bits per heavy atom. The van der Waals surface area contributed by atoms with Crippen molar-refractivity contribution < 1.29 is 32.3 Å². The molecule has 0 saturated heterocycles. The first-order chi connectivity index (χ1) is 15.1. The molecule has 32 heavy (non-hydrogen) atoms. The Kier molecular flexibility index (Phi) is 8.50. The van der Waals surface area contributed by atoms with Crippen molar-refractivity contribution in [1.82, 2.24) is 9.62 Å². The summed E-state index contributed by atoms with van der Waals surface area (Å²) in [4.78, 5) is 36.8. The average Bonchev–Trinajstić information content (AvgIpc) is 2.78. The zero-order valence-electron chi connectivity index (χ0n) is 18.4. The van der Waals surface area contributed by atoms with Crippen molar-refractivity contribution in [2.45, 2.75) is 25.7 Å². The van der Waals surface area contributed by atoms with E-state index in [4.69, 9.17) is 9.47 Å². The van der Waals surface area contributed by atoms with Crippen molar-refractivity contribution >= 4 is 27.8 Å². The quantitative estimate of drug-likeness (QED) is 0.567. The van der Waals surface area contributed by atoms with Gasteiger partial charge in [-0.1, -0.05) is 32.0 Å². The molecule has 2 amide bonds. The van der Waals surface area contributed by atoms with Gasteiger partial charge in [-0.25, -0.2) is 13.2 Å². The highest BCUT2D eigenvalue weighted by Gasteiger charge is 2.24. The summed E-state index contributed by atoms with van der Waals surface area (Å²) < 4.78 is 36.8. The van der Waals surface area contributed by atoms with Gasteiger partial charge in [0.15, 0.2) is 6.61 Å². The van der Waals surface area contributed by atoms with E-state index >= 15 is 0 Å². The number of nitrogens with zero attached hydrogens (tertiary/aromatic N) is 1. The number of ether oxygens (including phenoxy) is 2. The van der Waals surface area contributed by atoms with E-state index < -0.39 is 34.4 Å². The lowest BCUT2D eigenvalue weighted by molar-refractivity contribution is -0.123. The van der Waals surface area contributed by atoms with Crippen molar-refractivity contribution in [3.63, 3.8) is 0 Å². The highest BCUT2D eigenvalue weighted by molar-refractivity contribution is 7.89. The molecular formula is C22H26N2O7S. The minimum atomic E-state index is -3.77. The van der Waals surface area contributed by atoms with E-state index in [-0.39, 0.29) is 34.9 Å². The van der Waals surface area contributed by atoms with E-state index in [2.05, 4.69) is 5.32 Å². The first-order valence-corrected chi connectivity index (χ1v) is 11.3. The third-order valence-corrected chi connectivity index (χ3v) is 6.76. The molecule has 2 aromatic carbocycles. The lowest BCUT2D eigenvalue weighted by Crippen LogP contribution is -2.34. The highest BCUT2D eigenvalue weighted by atomic mass is 32.2. The molecule has 0 bridgehead atoms. The lowest BCUT2D eigenvalue weighted by atomic mass is 10.1. The lowest BCUT2D eigenvalue weighted by Gasteiger charge is -2.19. The predicted molar refractivity (Wildman–Crippen MR) is 117 cm³/mol. The molecule has 0 fully saturated rings. The second kappa shape index (κ2) is 10.9. The third-order valence-electron chi connectivity index (χ3n) is 4.71. The summed E-state index contributed by atoms with van der Waals surface area (Å²) in [5.74, 6) is -2.12. The number of methoxy groups -OCH3 is 1. The van der Waals surface area contributed by atoms with Crippen molar-refractivity contribution in [1.29, 1.82) is 0 Å². The van der Waals surface area contributed by atoms with Gasteiger partial charge in [0.2, 0.25) is 10.0 Å². The number of rotatable bonds is 9. The van der Waals surface area contributed by atoms with Crippen LogP contribution in [0.1, 0.15) is 40.1 Å². The molecule has 0 saturated carbocycles. The number of para-hydroxylation sites is 1. The van der Waals surface area contributed by atoms with Crippen LogP contribution in [0.4, 0.5) is 0 Å². The number of benzene rings is 2. The second-order valence-corrected chi connectivity index (χ2v) is 8.66. The second-order valence-electron chi connectivity index (χ2n) is 6.72. The van der Waals surface area contributed by atoms with Crippen LogP contribution in [-0.2, 0) is 19.6 Å². The molecule has 0 aliphatic rings. The van der Waals surface area contributed by atoms with Gasteiger partial charge in [0, 0.05) is 13.1 Å². The molecule has 2 rings (SSSR count). The Balaban J connectivity index is 2.09. The molecule has 0 aromatic heterocycles. The van der Waals surface area contributed by atoms with E-state index in [0.29, 0.717) is 5.56 Å². The Hall–Kier alpha value is -3.24. The number of aryl methyl sites for hydroxylation is 1. The van der Waals surface area contributed by atoms with Gasteiger partial charge in [0.05, 0.1) is 23.1 Å². The van der Waals surface area contributed by atoms with Gasteiger partial charge >= 0.3 is 5.97 Å². The van der Waals surface area contributed by atoms with Crippen LogP contribution in [-0.4, -0.2) is 57.3 Å². The molecule has 172 valence electrons. The van der Waals surface area contributed by atoms with Gasteiger partial charge < -0.3 is 9.47 Å². The van der Waals surface area contributed by atoms with E-state index in [9.17, 15) is 22.8 Å². The predicted octanol–water partition coefficient (Wildman–Crippen LogP) is 2.15. The fourth-order valence-electron chi connectivity index (χ4n) is 2.97. The molecule has 10 heteroatoms. The summed E-state index contributed by atoms with van der Waals surface area (Å²) in [7, 11) is -2.37. The van der Waals surface area contributed by atoms with Crippen molar-refractivity contribution in [2.75, 3.05) is 26.8 Å². The molecule has 9 nitrogen and oxygen atoms in total. The summed E-state index contributed by atoms with van der Waals surface area (Å²) in [5.41, 5.74) is 0.654. The normalized spacial score (nSPS) is 11.2. The zero-order chi connectivity index (χ0) is 23.9. The van der Waals surface area contributed by atoms with Crippen molar-refractivity contribution in [2.24, 2.45) is 0 Å². The van der Waals surface area contributed by atoms with Crippen LogP contribution in [0.5, 0.6) is 5.75 Å². The fourth-order valence-corrected chi connectivity index (χ4v) is 4.45. The molecule has 0 aliphatic carbocycles. The van der Waals surface area contributed by atoms with Gasteiger partial charge in [-0.3, -0.25) is 14.9 Å².